The molecular weight excluding hydrogens is 200 g/mol. The number of likely N-dealkylation sites (tertiary alicyclic amines) is 1. The minimum Gasteiger partial charge on any atom is -0.379 e. The smallest absolute Gasteiger partial charge is 0.0648 e. The molecule has 0 aromatic heterocycles. The topological polar surface area (TPSA) is 24.5 Å². The highest BCUT2D eigenvalue weighted by molar-refractivity contribution is 4.98. The van der Waals surface area contributed by atoms with E-state index in [1.807, 2.05) is 0 Å². The van der Waals surface area contributed by atoms with Gasteiger partial charge in [-0.3, -0.25) is 4.90 Å². The van der Waals surface area contributed by atoms with Crippen molar-refractivity contribution in [1.82, 2.24) is 10.2 Å². The Balaban J connectivity index is 2.07. The van der Waals surface area contributed by atoms with Crippen molar-refractivity contribution in [3.63, 3.8) is 0 Å². The van der Waals surface area contributed by atoms with Crippen molar-refractivity contribution in [1.29, 1.82) is 0 Å². The molecule has 2 saturated heterocycles. The fourth-order valence-electron chi connectivity index (χ4n) is 3.42. The van der Waals surface area contributed by atoms with Crippen LogP contribution in [0.3, 0.4) is 0 Å². The molecule has 0 aromatic carbocycles. The molecule has 0 aromatic rings. The molecule has 1 N–H and O–H groups in total. The van der Waals surface area contributed by atoms with Gasteiger partial charge in [-0.2, -0.15) is 0 Å². The molecular formula is C13H26N2O. The number of nitrogens with one attached hydrogen (secondary N) is 1. The minimum atomic E-state index is 0.284. The predicted octanol–water partition coefficient (Wildman–Crippen LogP) is 1.48. The number of rotatable bonds is 2. The maximum atomic E-state index is 5.59. The van der Waals surface area contributed by atoms with E-state index in [0.29, 0.717) is 12.1 Å². The second-order valence-corrected chi connectivity index (χ2v) is 5.78. The van der Waals surface area contributed by atoms with Crippen LogP contribution in [0.4, 0.5) is 0 Å². The van der Waals surface area contributed by atoms with Gasteiger partial charge in [0.1, 0.15) is 0 Å². The molecule has 0 saturated carbocycles. The van der Waals surface area contributed by atoms with E-state index < -0.39 is 0 Å². The molecule has 2 aliphatic heterocycles. The summed E-state index contributed by atoms with van der Waals surface area (Å²) in [4.78, 5) is 2.68. The van der Waals surface area contributed by atoms with Crippen molar-refractivity contribution >= 4 is 0 Å². The van der Waals surface area contributed by atoms with Gasteiger partial charge in [-0.1, -0.05) is 6.92 Å². The first-order chi connectivity index (χ1) is 7.58. The van der Waals surface area contributed by atoms with Crippen LogP contribution >= 0.6 is 0 Å². The van der Waals surface area contributed by atoms with Crippen LogP contribution in [0.2, 0.25) is 0 Å². The van der Waals surface area contributed by atoms with Crippen molar-refractivity contribution in [2.45, 2.75) is 51.2 Å². The third-order valence-electron chi connectivity index (χ3n) is 4.83. The van der Waals surface area contributed by atoms with Gasteiger partial charge in [-0.05, 0) is 39.7 Å². The summed E-state index contributed by atoms with van der Waals surface area (Å²) in [5.41, 5.74) is 0.284. The maximum Gasteiger partial charge on any atom is 0.0648 e. The summed E-state index contributed by atoms with van der Waals surface area (Å²) >= 11 is 0. The summed E-state index contributed by atoms with van der Waals surface area (Å²) in [7, 11) is 2.09. The zero-order valence-electron chi connectivity index (χ0n) is 11.1. The van der Waals surface area contributed by atoms with Gasteiger partial charge in [-0.25, -0.2) is 0 Å². The first kappa shape index (κ1) is 12.3. The van der Waals surface area contributed by atoms with Crippen LogP contribution in [0.1, 0.15) is 33.6 Å². The normalized spacial score (nSPS) is 46.1. The summed E-state index contributed by atoms with van der Waals surface area (Å²) in [6.45, 7) is 10.2. The molecule has 2 rings (SSSR count). The van der Waals surface area contributed by atoms with E-state index >= 15 is 0 Å². The number of nitrogens with zero attached hydrogens (tertiary/aromatic N) is 1. The number of piperidine rings is 1. The van der Waals surface area contributed by atoms with Gasteiger partial charge in [0.25, 0.3) is 0 Å². The molecule has 0 amide bonds. The molecule has 2 aliphatic rings. The molecule has 4 unspecified atom stereocenters. The third kappa shape index (κ3) is 2.01. The van der Waals surface area contributed by atoms with Crippen molar-refractivity contribution in [3.8, 4) is 0 Å². The quantitative estimate of drug-likeness (QED) is 0.772. The molecule has 3 heteroatoms. The third-order valence-corrected chi connectivity index (χ3v) is 4.83. The van der Waals surface area contributed by atoms with Crippen LogP contribution in [-0.4, -0.2) is 49.3 Å². The Kier molecular flexibility index (Phi) is 3.57. The lowest BCUT2D eigenvalue weighted by Gasteiger charge is -2.49. The molecule has 16 heavy (non-hydrogen) atoms. The first-order valence-corrected chi connectivity index (χ1v) is 6.60. The Morgan fingerprint density at radius 2 is 2.12 bits per heavy atom. The number of ether oxygens (including phenoxy) is 1. The monoisotopic (exact) mass is 226 g/mol. The molecule has 2 fully saturated rings. The SMILES string of the molecule is CNC1CCN(C2(C)CCOC2)C(C)C1C. The Labute approximate surface area is 99.5 Å². The van der Waals surface area contributed by atoms with Gasteiger partial charge in [0.2, 0.25) is 0 Å². The molecule has 94 valence electrons. The molecule has 2 heterocycles. The summed E-state index contributed by atoms with van der Waals surface area (Å²) < 4.78 is 5.59. The van der Waals surface area contributed by atoms with E-state index in [1.165, 1.54) is 19.4 Å². The number of hydrogen-bond donors (Lipinski definition) is 1. The fourth-order valence-corrected chi connectivity index (χ4v) is 3.42. The van der Waals surface area contributed by atoms with Gasteiger partial charge in [0, 0.05) is 30.8 Å². The van der Waals surface area contributed by atoms with Gasteiger partial charge >= 0.3 is 0 Å². The highest BCUT2D eigenvalue weighted by atomic mass is 16.5. The van der Waals surface area contributed by atoms with Crippen LogP contribution < -0.4 is 5.32 Å². The van der Waals surface area contributed by atoms with Crippen molar-refractivity contribution < 1.29 is 4.74 Å². The lowest BCUT2D eigenvalue weighted by molar-refractivity contribution is -0.00806. The fraction of sp³-hybridized carbons (Fsp3) is 1.00. The van der Waals surface area contributed by atoms with Crippen molar-refractivity contribution in [2.75, 3.05) is 26.8 Å². The molecule has 3 nitrogen and oxygen atoms in total. The van der Waals surface area contributed by atoms with E-state index in [0.717, 1.165) is 19.1 Å². The molecule has 0 aliphatic carbocycles. The van der Waals surface area contributed by atoms with Gasteiger partial charge < -0.3 is 10.1 Å². The zero-order valence-corrected chi connectivity index (χ0v) is 11.1. The van der Waals surface area contributed by atoms with E-state index in [9.17, 15) is 0 Å². The van der Waals surface area contributed by atoms with E-state index in [1.54, 1.807) is 0 Å². The second-order valence-electron chi connectivity index (χ2n) is 5.78. The number of hydrogen-bond acceptors (Lipinski definition) is 3. The Hall–Kier alpha value is -0.120. The maximum absolute atomic E-state index is 5.59. The summed E-state index contributed by atoms with van der Waals surface area (Å²) in [6.07, 6.45) is 2.45. The van der Waals surface area contributed by atoms with E-state index in [2.05, 4.69) is 38.0 Å². The van der Waals surface area contributed by atoms with Crippen LogP contribution in [0.15, 0.2) is 0 Å². The van der Waals surface area contributed by atoms with E-state index in [-0.39, 0.29) is 5.54 Å². The van der Waals surface area contributed by atoms with E-state index in [4.69, 9.17) is 4.74 Å². The highest BCUT2D eigenvalue weighted by Gasteiger charge is 2.43. The highest BCUT2D eigenvalue weighted by Crippen LogP contribution is 2.34. The lowest BCUT2D eigenvalue weighted by atomic mass is 9.83. The molecule has 0 spiro atoms. The van der Waals surface area contributed by atoms with Crippen LogP contribution in [0.25, 0.3) is 0 Å². The molecule has 0 radical (unpaired) electrons. The average Bonchev–Trinajstić information content (AvgIpc) is 2.70. The Bertz CT molecular complexity index is 238. The summed E-state index contributed by atoms with van der Waals surface area (Å²) in [5, 5.41) is 3.45. The van der Waals surface area contributed by atoms with Gasteiger partial charge in [-0.15, -0.1) is 0 Å². The predicted molar refractivity (Wildman–Crippen MR) is 66.6 cm³/mol. The first-order valence-electron chi connectivity index (χ1n) is 6.60. The van der Waals surface area contributed by atoms with Crippen molar-refractivity contribution in [3.05, 3.63) is 0 Å². The minimum absolute atomic E-state index is 0.284. The largest absolute Gasteiger partial charge is 0.379 e. The standard InChI is InChI=1S/C13H26N2O/c1-10-11(2)15(7-5-12(10)14-4)13(3)6-8-16-9-13/h10-12,14H,5-9H2,1-4H3. The summed E-state index contributed by atoms with van der Waals surface area (Å²) in [5.74, 6) is 0.719. The van der Waals surface area contributed by atoms with Crippen LogP contribution in [0.5, 0.6) is 0 Å². The van der Waals surface area contributed by atoms with Crippen LogP contribution in [-0.2, 0) is 4.74 Å². The Morgan fingerprint density at radius 1 is 1.38 bits per heavy atom. The Morgan fingerprint density at radius 3 is 2.69 bits per heavy atom. The average molecular weight is 226 g/mol. The summed E-state index contributed by atoms with van der Waals surface area (Å²) in [6, 6.07) is 1.33. The van der Waals surface area contributed by atoms with Crippen LogP contribution in [0, 0.1) is 5.92 Å². The zero-order chi connectivity index (χ0) is 11.8. The molecule has 0 bridgehead atoms. The second kappa shape index (κ2) is 4.63. The lowest BCUT2D eigenvalue weighted by Crippen LogP contribution is -2.60. The van der Waals surface area contributed by atoms with Gasteiger partial charge in [0.15, 0.2) is 0 Å². The van der Waals surface area contributed by atoms with Crippen molar-refractivity contribution in [2.24, 2.45) is 5.92 Å². The molecule has 4 atom stereocenters. The van der Waals surface area contributed by atoms with Gasteiger partial charge in [0.05, 0.1) is 6.61 Å².